The average molecular weight is 167 g/mol. The smallest absolute Gasteiger partial charge is 0.295 e. The van der Waals surface area contributed by atoms with Crippen LogP contribution in [0.3, 0.4) is 0 Å². The molecule has 1 rings (SSSR count). The second-order valence-electron chi connectivity index (χ2n) is 3.26. The van der Waals surface area contributed by atoms with Gasteiger partial charge in [0.25, 0.3) is 0 Å². The zero-order chi connectivity index (χ0) is 8.65. The predicted octanol–water partition coefficient (Wildman–Crippen LogP) is 2.03. The molecule has 0 aliphatic carbocycles. The Morgan fingerprint density at radius 1 is 1.45 bits per heavy atom. The lowest BCUT2D eigenvalue weighted by atomic mass is 10.3. The van der Waals surface area contributed by atoms with Gasteiger partial charge in [-0.25, -0.2) is 0 Å². The van der Waals surface area contributed by atoms with Crippen LogP contribution in [0.2, 0.25) is 0 Å². The summed E-state index contributed by atoms with van der Waals surface area (Å²) in [7, 11) is 0. The van der Waals surface area contributed by atoms with E-state index in [9.17, 15) is 13.2 Å². The highest BCUT2D eigenvalue weighted by molar-refractivity contribution is 4.92. The molecule has 0 saturated carbocycles. The lowest BCUT2D eigenvalue weighted by Gasteiger charge is -2.08. The van der Waals surface area contributed by atoms with E-state index in [0.29, 0.717) is 6.54 Å². The fourth-order valence-electron chi connectivity index (χ4n) is 1.28. The van der Waals surface area contributed by atoms with Crippen molar-refractivity contribution in [3.63, 3.8) is 0 Å². The highest BCUT2D eigenvalue weighted by atomic mass is 19.4. The summed E-state index contributed by atoms with van der Waals surface area (Å²) in [6.45, 7) is 4.43. The fraction of sp³-hybridized carbons (Fsp3) is 1.00. The fourth-order valence-corrected chi connectivity index (χ4v) is 1.28. The molecule has 1 fully saturated rings. The van der Waals surface area contributed by atoms with Crippen LogP contribution in [0.5, 0.6) is 0 Å². The maximum atomic E-state index is 11.8. The Hall–Kier alpha value is -0.250. The van der Waals surface area contributed by atoms with Crippen molar-refractivity contribution in [1.82, 2.24) is 4.90 Å². The Bertz CT molecular complexity index is 141. The molecular weight excluding hydrogens is 155 g/mol. The Morgan fingerprint density at radius 2 is 2.00 bits per heavy atom. The molecule has 0 radical (unpaired) electrons. The van der Waals surface area contributed by atoms with Crippen molar-refractivity contribution in [3.05, 3.63) is 0 Å². The Balaban J connectivity index is 2.24. The van der Waals surface area contributed by atoms with Gasteiger partial charge < -0.3 is 0 Å². The van der Waals surface area contributed by atoms with E-state index < -0.39 is 12.6 Å². The van der Waals surface area contributed by atoms with E-state index >= 15 is 0 Å². The summed E-state index contributed by atoms with van der Waals surface area (Å²) in [5.41, 5.74) is 0. The van der Waals surface area contributed by atoms with Gasteiger partial charge >= 0.3 is 6.18 Å². The molecule has 11 heavy (non-hydrogen) atoms. The van der Waals surface area contributed by atoms with E-state index in [1.165, 1.54) is 0 Å². The van der Waals surface area contributed by atoms with Gasteiger partial charge in [-0.1, -0.05) is 0 Å². The minimum Gasteiger partial charge on any atom is -0.295 e. The van der Waals surface area contributed by atoms with Crippen LogP contribution in [-0.4, -0.2) is 29.7 Å². The third-order valence-corrected chi connectivity index (χ3v) is 1.89. The molecule has 66 valence electrons. The van der Waals surface area contributed by atoms with Gasteiger partial charge in [0.05, 0.1) is 6.42 Å². The molecule has 0 N–H and O–H groups in total. The average Bonchev–Trinajstić information content (AvgIpc) is 2.40. The molecule has 0 aromatic heterocycles. The lowest BCUT2D eigenvalue weighted by Crippen LogP contribution is -2.17. The van der Waals surface area contributed by atoms with Gasteiger partial charge in [-0.15, -0.1) is 0 Å². The first kappa shape index (κ1) is 8.84. The highest BCUT2D eigenvalue weighted by Crippen LogP contribution is 2.32. The maximum Gasteiger partial charge on any atom is 0.390 e. The quantitative estimate of drug-likeness (QED) is 0.569. The van der Waals surface area contributed by atoms with Gasteiger partial charge in [0.2, 0.25) is 0 Å². The van der Waals surface area contributed by atoms with Crippen LogP contribution in [-0.2, 0) is 0 Å². The summed E-state index contributed by atoms with van der Waals surface area (Å²) in [6.07, 6.45) is -4.64. The van der Waals surface area contributed by atoms with E-state index in [0.717, 1.165) is 0 Å². The van der Waals surface area contributed by atoms with Gasteiger partial charge in [0.15, 0.2) is 0 Å². The number of hydrogen-bond acceptors (Lipinski definition) is 1. The van der Waals surface area contributed by atoms with Crippen LogP contribution >= 0.6 is 0 Å². The summed E-state index contributed by atoms with van der Waals surface area (Å²) in [6, 6.07) is 0.0114. The van der Waals surface area contributed by atoms with Crippen molar-refractivity contribution in [2.45, 2.75) is 38.5 Å². The van der Waals surface area contributed by atoms with Crippen LogP contribution in [0.25, 0.3) is 0 Å². The first-order chi connectivity index (χ1) is 4.90. The van der Waals surface area contributed by atoms with Crippen molar-refractivity contribution in [2.75, 3.05) is 6.54 Å². The molecule has 1 saturated heterocycles. The number of rotatable bonds is 2. The summed E-state index contributed by atoms with van der Waals surface area (Å²) in [5, 5.41) is 0. The summed E-state index contributed by atoms with van der Waals surface area (Å²) in [4.78, 5) is 1.84. The van der Waals surface area contributed by atoms with Gasteiger partial charge in [-0.2, -0.15) is 13.2 Å². The second-order valence-corrected chi connectivity index (χ2v) is 3.26. The van der Waals surface area contributed by atoms with Gasteiger partial charge in [-0.3, -0.25) is 4.90 Å². The summed E-state index contributed by atoms with van der Waals surface area (Å²) < 4.78 is 35.3. The Labute approximate surface area is 64.2 Å². The maximum absolute atomic E-state index is 11.8. The third kappa shape index (κ3) is 2.69. The van der Waals surface area contributed by atoms with Crippen LogP contribution < -0.4 is 0 Å². The minimum absolute atomic E-state index is 0.241. The monoisotopic (exact) mass is 167 g/mol. The first-order valence-corrected chi connectivity index (χ1v) is 3.72. The van der Waals surface area contributed by atoms with Crippen LogP contribution in [0.15, 0.2) is 0 Å². The number of alkyl halides is 3. The van der Waals surface area contributed by atoms with Crippen molar-refractivity contribution in [3.8, 4) is 0 Å². The van der Waals surface area contributed by atoms with Crippen molar-refractivity contribution < 1.29 is 13.2 Å². The van der Waals surface area contributed by atoms with E-state index in [4.69, 9.17) is 0 Å². The highest BCUT2D eigenvalue weighted by Gasteiger charge is 2.44. The van der Waals surface area contributed by atoms with E-state index in [1.807, 2.05) is 18.7 Å². The van der Waals surface area contributed by atoms with Crippen molar-refractivity contribution in [2.24, 2.45) is 0 Å². The second kappa shape index (κ2) is 2.66. The topological polar surface area (TPSA) is 3.01 Å². The zero-order valence-corrected chi connectivity index (χ0v) is 6.65. The molecule has 1 aliphatic rings. The van der Waals surface area contributed by atoms with Gasteiger partial charge in [0.1, 0.15) is 0 Å². The Kier molecular flexibility index (Phi) is 2.14. The van der Waals surface area contributed by atoms with Crippen LogP contribution in [0.1, 0.15) is 20.3 Å². The molecule has 1 heterocycles. The molecule has 1 nitrogen and oxygen atoms in total. The van der Waals surface area contributed by atoms with E-state index in [-0.39, 0.29) is 12.1 Å². The molecule has 1 aliphatic heterocycles. The normalized spacial score (nSPS) is 31.1. The largest absolute Gasteiger partial charge is 0.390 e. The lowest BCUT2D eigenvalue weighted by molar-refractivity contribution is -0.136. The standard InChI is InChI=1S/C7H12F3N/c1-5(2)11-4-6(11)3-7(8,9)10/h5-6H,3-4H2,1-2H3/t6-,11?/m0/s1. The SMILES string of the molecule is CC(C)N1C[C@@H]1CC(F)(F)F. The molecule has 0 aromatic carbocycles. The van der Waals surface area contributed by atoms with E-state index in [1.54, 1.807) is 0 Å². The van der Waals surface area contributed by atoms with Crippen LogP contribution in [0, 0.1) is 0 Å². The number of nitrogens with zero attached hydrogens (tertiary/aromatic N) is 1. The molecule has 0 amide bonds. The molecule has 2 atom stereocenters. The van der Waals surface area contributed by atoms with Crippen molar-refractivity contribution >= 4 is 0 Å². The molecule has 0 spiro atoms. The summed E-state index contributed by atoms with van der Waals surface area (Å²) >= 11 is 0. The predicted molar refractivity (Wildman–Crippen MR) is 36.3 cm³/mol. The molecule has 4 heteroatoms. The molecular formula is C7H12F3N. The Morgan fingerprint density at radius 3 is 2.27 bits per heavy atom. The number of halogens is 3. The van der Waals surface area contributed by atoms with Gasteiger partial charge in [0, 0.05) is 18.6 Å². The molecule has 1 unspecified atom stereocenters. The van der Waals surface area contributed by atoms with Crippen molar-refractivity contribution in [1.29, 1.82) is 0 Å². The molecule has 0 aromatic rings. The summed E-state index contributed by atoms with van der Waals surface area (Å²) in [5.74, 6) is 0. The number of hydrogen-bond donors (Lipinski definition) is 0. The minimum atomic E-state index is -3.99. The zero-order valence-electron chi connectivity index (χ0n) is 6.65. The third-order valence-electron chi connectivity index (χ3n) is 1.89. The van der Waals surface area contributed by atoms with Gasteiger partial charge in [-0.05, 0) is 13.8 Å². The van der Waals surface area contributed by atoms with Crippen LogP contribution in [0.4, 0.5) is 13.2 Å². The first-order valence-electron chi connectivity index (χ1n) is 3.72. The molecule has 0 bridgehead atoms. The van der Waals surface area contributed by atoms with E-state index in [2.05, 4.69) is 0 Å².